The number of carboxylic acids is 1. The Morgan fingerprint density at radius 2 is 1.89 bits per heavy atom. The number of aromatic carboxylic acids is 1. The van der Waals surface area contributed by atoms with Crippen LogP contribution in [0.2, 0.25) is 5.02 Å². The van der Waals surface area contributed by atoms with E-state index in [1.807, 2.05) is 6.07 Å². The van der Waals surface area contributed by atoms with Gasteiger partial charge in [-0.15, -0.1) is 0 Å². The number of rotatable bonds is 7. The second-order valence-corrected chi connectivity index (χ2v) is 12.1. The van der Waals surface area contributed by atoms with Crippen LogP contribution in [0, 0.1) is 11.7 Å². The molecule has 8 nitrogen and oxygen atoms in total. The second kappa shape index (κ2) is 11.7. The molecule has 1 fully saturated rings. The number of carboxylic acid groups (broad SMARTS) is 1. The van der Waals surface area contributed by atoms with Crippen molar-refractivity contribution in [1.29, 1.82) is 0 Å². The lowest BCUT2D eigenvalue weighted by atomic mass is 9.84. The first kappa shape index (κ1) is 31.4. The van der Waals surface area contributed by atoms with Crippen LogP contribution in [-0.4, -0.2) is 55.8 Å². The number of hydrogen-bond acceptors (Lipinski definition) is 5. The molecule has 1 amide bonds. The van der Waals surface area contributed by atoms with Crippen molar-refractivity contribution in [3.05, 3.63) is 105 Å². The summed E-state index contributed by atoms with van der Waals surface area (Å²) in [5.41, 5.74) is -1.69. The van der Waals surface area contributed by atoms with Crippen molar-refractivity contribution >= 4 is 29.4 Å². The Labute approximate surface area is 265 Å². The summed E-state index contributed by atoms with van der Waals surface area (Å²) in [4.78, 5) is 44.9. The van der Waals surface area contributed by atoms with Gasteiger partial charge < -0.3 is 10.0 Å². The van der Waals surface area contributed by atoms with E-state index in [4.69, 9.17) is 11.6 Å². The van der Waals surface area contributed by atoms with Crippen molar-refractivity contribution in [2.75, 3.05) is 7.05 Å². The fourth-order valence-corrected chi connectivity index (χ4v) is 6.53. The number of alkyl halides is 3. The average molecular weight is 655 g/mol. The van der Waals surface area contributed by atoms with Gasteiger partial charge in [0.2, 0.25) is 5.91 Å². The Hall–Kier alpha value is -4.58. The highest BCUT2D eigenvalue weighted by atomic mass is 35.5. The predicted octanol–water partition coefficient (Wildman–Crippen LogP) is 6.48. The first-order chi connectivity index (χ1) is 21.8. The van der Waals surface area contributed by atoms with Gasteiger partial charge in [0.05, 0.1) is 33.0 Å². The summed E-state index contributed by atoms with van der Waals surface area (Å²) in [5.74, 6) is -4.00. The smallest absolute Gasteiger partial charge is 0.398 e. The van der Waals surface area contributed by atoms with Crippen molar-refractivity contribution < 1.29 is 37.1 Å². The summed E-state index contributed by atoms with van der Waals surface area (Å²) in [5, 5.41) is 13.5. The Morgan fingerprint density at radius 1 is 1.13 bits per heavy atom. The lowest BCUT2D eigenvalue weighted by Crippen LogP contribution is -2.36. The molecule has 0 saturated heterocycles. The molecule has 1 N–H and O–H groups in total. The molecule has 0 spiro atoms. The zero-order chi connectivity index (χ0) is 33.0. The minimum atomic E-state index is -4.63. The van der Waals surface area contributed by atoms with Crippen molar-refractivity contribution in [3.8, 4) is 11.3 Å². The van der Waals surface area contributed by atoms with Crippen LogP contribution in [0.1, 0.15) is 62.4 Å². The zero-order valence-electron chi connectivity index (χ0n) is 24.4. The van der Waals surface area contributed by atoms with Gasteiger partial charge in [0, 0.05) is 49.5 Å². The Kier molecular flexibility index (Phi) is 7.95. The van der Waals surface area contributed by atoms with Gasteiger partial charge >= 0.3 is 12.1 Å². The molecule has 6 rings (SSSR count). The maximum atomic E-state index is 15.3. The van der Waals surface area contributed by atoms with E-state index in [2.05, 4.69) is 10.1 Å². The van der Waals surface area contributed by atoms with Gasteiger partial charge in [0.15, 0.2) is 0 Å². The Balaban J connectivity index is 1.44. The summed E-state index contributed by atoms with van der Waals surface area (Å²) in [6.45, 7) is 0.281. The monoisotopic (exact) mass is 654 g/mol. The van der Waals surface area contributed by atoms with E-state index >= 15 is 4.39 Å². The van der Waals surface area contributed by atoms with E-state index in [9.17, 15) is 32.7 Å². The van der Waals surface area contributed by atoms with E-state index in [-0.39, 0.29) is 76.8 Å². The molecule has 0 aliphatic heterocycles. The zero-order valence-corrected chi connectivity index (χ0v) is 25.2. The highest BCUT2D eigenvalue weighted by Crippen LogP contribution is 2.60. The van der Waals surface area contributed by atoms with Gasteiger partial charge in [-0.1, -0.05) is 29.8 Å². The summed E-state index contributed by atoms with van der Waals surface area (Å²) in [7, 11) is 1.64. The highest BCUT2D eigenvalue weighted by molar-refractivity contribution is 6.34. The molecule has 2 aromatic heterocycles. The summed E-state index contributed by atoms with van der Waals surface area (Å²) >= 11 is 6.42. The number of nitrogens with zero attached hydrogens (tertiary/aromatic N) is 4. The summed E-state index contributed by atoms with van der Waals surface area (Å²) in [6.07, 6.45) is -1.25. The van der Waals surface area contributed by atoms with Crippen molar-refractivity contribution in [2.24, 2.45) is 5.92 Å². The van der Waals surface area contributed by atoms with Gasteiger partial charge in [-0.3, -0.25) is 14.6 Å². The lowest BCUT2D eigenvalue weighted by molar-refractivity contribution is -0.160. The van der Waals surface area contributed by atoms with Crippen LogP contribution in [0.4, 0.5) is 17.6 Å². The molecule has 4 aromatic rings. The molecule has 1 saturated carbocycles. The molecular formula is C33H27ClF4N4O4. The van der Waals surface area contributed by atoms with Crippen LogP contribution in [-0.2, 0) is 29.6 Å². The Morgan fingerprint density at radius 3 is 2.52 bits per heavy atom. The molecule has 2 aromatic carbocycles. The van der Waals surface area contributed by atoms with Crippen LogP contribution < -0.4 is 0 Å². The van der Waals surface area contributed by atoms with E-state index in [1.54, 1.807) is 25.5 Å². The average Bonchev–Trinajstić information content (AvgIpc) is 3.77. The van der Waals surface area contributed by atoms with E-state index < -0.39 is 35.2 Å². The first-order valence-corrected chi connectivity index (χ1v) is 14.9. The third-order valence-electron chi connectivity index (χ3n) is 8.84. The number of carbonyl (C=O) groups is 3. The van der Waals surface area contributed by atoms with Crippen molar-refractivity contribution in [1.82, 2.24) is 19.7 Å². The molecule has 1 unspecified atom stereocenters. The van der Waals surface area contributed by atoms with Crippen LogP contribution in [0.25, 0.3) is 11.3 Å². The van der Waals surface area contributed by atoms with Crippen LogP contribution in [0.15, 0.2) is 60.9 Å². The van der Waals surface area contributed by atoms with Gasteiger partial charge in [-0.05, 0) is 67.1 Å². The van der Waals surface area contributed by atoms with Gasteiger partial charge in [-0.2, -0.15) is 23.0 Å². The summed E-state index contributed by atoms with van der Waals surface area (Å²) < 4.78 is 59.0. The molecule has 2 aliphatic carbocycles. The number of benzene rings is 2. The molecule has 2 aliphatic rings. The van der Waals surface area contributed by atoms with E-state index in [0.717, 1.165) is 16.3 Å². The molecule has 238 valence electrons. The fourth-order valence-electron chi connectivity index (χ4n) is 6.28. The minimum Gasteiger partial charge on any atom is -0.478 e. The molecular weight excluding hydrogens is 628 g/mol. The van der Waals surface area contributed by atoms with Crippen LogP contribution in [0.3, 0.4) is 0 Å². The topological polar surface area (TPSA) is 105 Å². The number of fused-ring (bicyclic) bond motifs is 1. The third-order valence-corrected chi connectivity index (χ3v) is 9.15. The number of carbonyl (C=O) groups excluding carboxylic acids is 2. The highest BCUT2D eigenvalue weighted by Gasteiger charge is 2.65. The number of amides is 1. The lowest BCUT2D eigenvalue weighted by Gasteiger charge is -2.27. The standard InChI is InChI=1S/C33H27ClF4N4O4/c1-41(17-18-4-3-13-39-16-18)29(43)19-7-10-22-26(15-19)42(40-28(22)21-9-8-20(31(45)46)14-25(21)35)30(44)27-23(5-2-6-24(27)34)32(11-12-32)33(36,37)38/h2-6,8-9,13-14,16,19H,7,10-12,15,17H2,1H3,(H,45,46). The molecule has 13 heteroatoms. The largest absolute Gasteiger partial charge is 0.478 e. The van der Waals surface area contributed by atoms with Crippen molar-refractivity contribution in [2.45, 2.75) is 50.2 Å². The van der Waals surface area contributed by atoms with Gasteiger partial charge in [-0.25, -0.2) is 9.18 Å². The normalized spacial score (nSPS) is 16.9. The fraction of sp³-hybridized carbons (Fsp3) is 0.303. The van der Waals surface area contributed by atoms with Crippen LogP contribution >= 0.6 is 11.6 Å². The minimum absolute atomic E-state index is 0.00329. The number of halogens is 5. The van der Waals surface area contributed by atoms with Gasteiger partial charge in [0.25, 0.3) is 5.91 Å². The third kappa shape index (κ3) is 5.44. The molecule has 1 atom stereocenters. The number of pyridine rings is 1. The van der Waals surface area contributed by atoms with Gasteiger partial charge in [0.1, 0.15) is 5.82 Å². The quantitative estimate of drug-likeness (QED) is 0.229. The van der Waals surface area contributed by atoms with Crippen molar-refractivity contribution in [3.63, 3.8) is 0 Å². The van der Waals surface area contributed by atoms with E-state index in [1.165, 1.54) is 35.2 Å². The molecule has 0 bridgehead atoms. The Bertz CT molecular complexity index is 1870. The predicted molar refractivity (Wildman–Crippen MR) is 159 cm³/mol. The number of aromatic nitrogens is 3. The SMILES string of the molecule is CN(Cc1cccnc1)C(=O)C1CCc2c(-c3ccc(C(=O)O)cc3F)nn(C(=O)c3c(Cl)cccc3C3(C(F)(F)F)CC3)c2C1. The molecule has 0 radical (unpaired) electrons. The molecule has 46 heavy (non-hydrogen) atoms. The maximum absolute atomic E-state index is 15.3. The first-order valence-electron chi connectivity index (χ1n) is 14.5. The maximum Gasteiger partial charge on any atom is 0.398 e. The van der Waals surface area contributed by atoms with Crippen LogP contribution in [0.5, 0.6) is 0 Å². The summed E-state index contributed by atoms with van der Waals surface area (Å²) in [6, 6.07) is 10.8. The van der Waals surface area contributed by atoms with E-state index in [0.29, 0.717) is 12.0 Å². The second-order valence-electron chi connectivity index (χ2n) is 11.7. The number of hydrogen-bond donors (Lipinski definition) is 1. The molecule has 2 heterocycles.